The Kier molecular flexibility index (Phi) is 3.27. The second-order valence-corrected chi connectivity index (χ2v) is 4.69. The monoisotopic (exact) mass is 285 g/mol. The number of rotatable bonds is 3. The molecule has 0 saturated carbocycles. The summed E-state index contributed by atoms with van der Waals surface area (Å²) in [5.41, 5.74) is 6.38. The molecule has 0 radical (unpaired) electrons. The Morgan fingerprint density at radius 3 is 3.00 bits per heavy atom. The SMILES string of the molecule is Nc1ccc(SCc2ncno2)c(Br)c1. The molecule has 0 atom stereocenters. The molecule has 2 aromatic rings. The maximum atomic E-state index is 5.64. The Labute approximate surface area is 99.4 Å². The van der Waals surface area contributed by atoms with Crippen LogP contribution < -0.4 is 5.73 Å². The maximum Gasteiger partial charge on any atom is 0.236 e. The molecule has 2 N–H and O–H groups in total. The van der Waals surface area contributed by atoms with Crippen LogP contribution in [0.25, 0.3) is 0 Å². The molecule has 0 unspecified atom stereocenters. The van der Waals surface area contributed by atoms with Gasteiger partial charge in [0.15, 0.2) is 6.33 Å². The summed E-state index contributed by atoms with van der Waals surface area (Å²) in [5.74, 6) is 1.27. The summed E-state index contributed by atoms with van der Waals surface area (Å²) in [6.07, 6.45) is 1.40. The van der Waals surface area contributed by atoms with Gasteiger partial charge in [-0.15, -0.1) is 11.8 Å². The molecule has 1 aromatic heterocycles. The molecule has 0 bridgehead atoms. The minimum absolute atomic E-state index is 0.615. The van der Waals surface area contributed by atoms with E-state index < -0.39 is 0 Å². The second kappa shape index (κ2) is 4.67. The molecule has 4 nitrogen and oxygen atoms in total. The Bertz CT molecular complexity index is 447. The average molecular weight is 286 g/mol. The molecule has 0 amide bonds. The summed E-state index contributed by atoms with van der Waals surface area (Å²) in [6.45, 7) is 0. The fourth-order valence-electron chi connectivity index (χ4n) is 1.03. The Hall–Kier alpha value is -1.01. The van der Waals surface area contributed by atoms with Gasteiger partial charge in [0.05, 0.1) is 5.75 Å². The van der Waals surface area contributed by atoms with Crippen LogP contribution in [0.4, 0.5) is 5.69 Å². The number of hydrogen-bond donors (Lipinski definition) is 1. The Morgan fingerprint density at radius 1 is 1.47 bits per heavy atom. The van der Waals surface area contributed by atoms with Gasteiger partial charge in [-0.1, -0.05) is 5.16 Å². The van der Waals surface area contributed by atoms with Gasteiger partial charge < -0.3 is 10.3 Å². The van der Waals surface area contributed by atoms with Gasteiger partial charge in [-0.3, -0.25) is 0 Å². The van der Waals surface area contributed by atoms with E-state index in [9.17, 15) is 0 Å². The Morgan fingerprint density at radius 2 is 2.33 bits per heavy atom. The van der Waals surface area contributed by atoms with Crippen molar-refractivity contribution in [2.75, 3.05) is 5.73 Å². The average Bonchev–Trinajstić information content (AvgIpc) is 2.69. The number of halogens is 1. The van der Waals surface area contributed by atoms with Crippen molar-refractivity contribution in [3.05, 3.63) is 34.9 Å². The van der Waals surface area contributed by atoms with E-state index in [1.54, 1.807) is 11.8 Å². The van der Waals surface area contributed by atoms with Crippen molar-refractivity contribution in [1.29, 1.82) is 0 Å². The van der Waals surface area contributed by atoms with Gasteiger partial charge in [-0.05, 0) is 34.1 Å². The summed E-state index contributed by atoms with van der Waals surface area (Å²) in [6, 6.07) is 5.69. The number of nitrogen functional groups attached to an aromatic ring is 1. The van der Waals surface area contributed by atoms with E-state index in [-0.39, 0.29) is 0 Å². The highest BCUT2D eigenvalue weighted by molar-refractivity contribution is 9.10. The van der Waals surface area contributed by atoms with E-state index in [1.165, 1.54) is 6.33 Å². The number of hydrogen-bond acceptors (Lipinski definition) is 5. The topological polar surface area (TPSA) is 64.9 Å². The van der Waals surface area contributed by atoms with Crippen LogP contribution in [-0.4, -0.2) is 10.1 Å². The Balaban J connectivity index is 2.05. The largest absolute Gasteiger partial charge is 0.399 e. The first-order valence-electron chi connectivity index (χ1n) is 4.19. The standard InChI is InChI=1S/C9H8BrN3OS/c10-7-3-6(11)1-2-8(7)15-4-9-12-5-13-14-9/h1-3,5H,4,11H2. The molecule has 2 rings (SSSR count). The predicted octanol–water partition coefficient (Wildman–Crippen LogP) is 2.71. The van der Waals surface area contributed by atoms with E-state index in [4.69, 9.17) is 10.3 Å². The second-order valence-electron chi connectivity index (χ2n) is 2.81. The van der Waals surface area contributed by atoms with Crippen molar-refractivity contribution in [3.63, 3.8) is 0 Å². The van der Waals surface area contributed by atoms with Gasteiger partial charge >= 0.3 is 0 Å². The third kappa shape index (κ3) is 2.73. The molecular formula is C9H8BrN3OS. The molecule has 0 spiro atoms. The zero-order chi connectivity index (χ0) is 10.7. The molecule has 6 heteroatoms. The number of benzene rings is 1. The molecule has 0 saturated heterocycles. The summed E-state index contributed by atoms with van der Waals surface area (Å²) in [7, 11) is 0. The van der Waals surface area contributed by atoms with Gasteiger partial charge in [0, 0.05) is 15.1 Å². The van der Waals surface area contributed by atoms with Crippen molar-refractivity contribution in [2.24, 2.45) is 0 Å². The number of nitrogens with zero attached hydrogens (tertiary/aromatic N) is 2. The lowest BCUT2D eigenvalue weighted by Gasteiger charge is -2.02. The van der Waals surface area contributed by atoms with Crippen molar-refractivity contribution >= 4 is 33.4 Å². The molecule has 78 valence electrons. The first-order chi connectivity index (χ1) is 7.25. The van der Waals surface area contributed by atoms with Crippen LogP contribution in [0.5, 0.6) is 0 Å². The normalized spacial score (nSPS) is 10.5. The van der Waals surface area contributed by atoms with E-state index in [0.717, 1.165) is 15.1 Å². The van der Waals surface area contributed by atoms with Crippen molar-refractivity contribution in [1.82, 2.24) is 10.1 Å². The number of nitrogens with two attached hydrogens (primary N) is 1. The van der Waals surface area contributed by atoms with Gasteiger partial charge in [0.1, 0.15) is 0 Å². The van der Waals surface area contributed by atoms with Crippen LogP contribution in [0.15, 0.2) is 38.4 Å². The van der Waals surface area contributed by atoms with Gasteiger partial charge in [-0.25, -0.2) is 0 Å². The molecule has 1 aromatic carbocycles. The highest BCUT2D eigenvalue weighted by Gasteiger charge is 2.04. The zero-order valence-corrected chi connectivity index (χ0v) is 10.1. The number of thioether (sulfide) groups is 1. The molecule has 0 aliphatic heterocycles. The predicted molar refractivity (Wildman–Crippen MR) is 62.4 cm³/mol. The highest BCUT2D eigenvalue weighted by atomic mass is 79.9. The molecule has 0 fully saturated rings. The number of anilines is 1. The fraction of sp³-hybridized carbons (Fsp3) is 0.111. The van der Waals surface area contributed by atoms with E-state index >= 15 is 0 Å². The van der Waals surface area contributed by atoms with Crippen molar-refractivity contribution < 1.29 is 4.52 Å². The minimum Gasteiger partial charge on any atom is -0.399 e. The summed E-state index contributed by atoms with van der Waals surface area (Å²) in [5, 5.41) is 3.54. The molecule has 0 aliphatic rings. The fourth-order valence-corrected chi connectivity index (χ4v) is 2.54. The third-order valence-corrected chi connectivity index (χ3v) is 3.69. The highest BCUT2D eigenvalue weighted by Crippen LogP contribution is 2.30. The van der Waals surface area contributed by atoms with Crippen LogP contribution in [0, 0.1) is 0 Å². The maximum absolute atomic E-state index is 5.64. The molecule has 15 heavy (non-hydrogen) atoms. The lowest BCUT2D eigenvalue weighted by atomic mass is 10.3. The van der Waals surface area contributed by atoms with E-state index in [0.29, 0.717) is 11.6 Å². The van der Waals surface area contributed by atoms with Crippen LogP contribution in [0.3, 0.4) is 0 Å². The summed E-state index contributed by atoms with van der Waals surface area (Å²) >= 11 is 5.06. The third-order valence-electron chi connectivity index (χ3n) is 1.71. The quantitative estimate of drug-likeness (QED) is 0.694. The van der Waals surface area contributed by atoms with Crippen LogP contribution in [0.1, 0.15) is 5.89 Å². The lowest BCUT2D eigenvalue weighted by molar-refractivity contribution is 0.390. The van der Waals surface area contributed by atoms with Crippen LogP contribution in [0.2, 0.25) is 0 Å². The van der Waals surface area contributed by atoms with E-state index in [2.05, 4.69) is 26.1 Å². The van der Waals surface area contributed by atoms with Crippen molar-refractivity contribution in [3.8, 4) is 0 Å². The molecule has 0 aliphatic carbocycles. The molecule has 1 heterocycles. The van der Waals surface area contributed by atoms with Gasteiger partial charge in [0.25, 0.3) is 0 Å². The lowest BCUT2D eigenvalue weighted by Crippen LogP contribution is -1.85. The minimum atomic E-state index is 0.615. The van der Waals surface area contributed by atoms with E-state index in [1.807, 2.05) is 18.2 Å². The first kappa shape index (κ1) is 10.5. The van der Waals surface area contributed by atoms with Gasteiger partial charge in [-0.2, -0.15) is 4.98 Å². The zero-order valence-electron chi connectivity index (χ0n) is 7.68. The molecular weight excluding hydrogens is 278 g/mol. The number of aromatic nitrogens is 2. The summed E-state index contributed by atoms with van der Waals surface area (Å²) in [4.78, 5) is 5.04. The van der Waals surface area contributed by atoms with Crippen LogP contribution >= 0.6 is 27.7 Å². The smallest absolute Gasteiger partial charge is 0.236 e. The van der Waals surface area contributed by atoms with Crippen LogP contribution in [-0.2, 0) is 5.75 Å². The summed E-state index contributed by atoms with van der Waals surface area (Å²) < 4.78 is 5.88. The van der Waals surface area contributed by atoms with Gasteiger partial charge in [0.2, 0.25) is 5.89 Å². The first-order valence-corrected chi connectivity index (χ1v) is 5.97. The van der Waals surface area contributed by atoms with Crippen molar-refractivity contribution in [2.45, 2.75) is 10.6 Å².